The van der Waals surface area contributed by atoms with Crippen molar-refractivity contribution >= 4 is 24.1 Å². The molecule has 0 saturated carbocycles. The van der Waals surface area contributed by atoms with Gasteiger partial charge in [0, 0.05) is 11.8 Å². The Morgan fingerprint density at radius 3 is 2.33 bits per heavy atom. The minimum absolute atomic E-state index is 0. The molecule has 0 radical (unpaired) electrons. The summed E-state index contributed by atoms with van der Waals surface area (Å²) in [7, 11) is 0. The second kappa shape index (κ2) is 3.82. The SMILES string of the molecule is Cl.Nc1cc(O)cc([13C](=O)O)c1. The number of hydrogen-bond donors (Lipinski definition) is 3. The zero-order chi connectivity index (χ0) is 8.43. The highest BCUT2D eigenvalue weighted by molar-refractivity contribution is 5.89. The normalized spacial score (nSPS) is 8.67. The second-order valence-corrected chi connectivity index (χ2v) is 2.12. The Morgan fingerprint density at radius 1 is 1.33 bits per heavy atom. The van der Waals surface area contributed by atoms with Crippen LogP contribution in [0.2, 0.25) is 0 Å². The van der Waals surface area contributed by atoms with E-state index >= 15 is 0 Å². The summed E-state index contributed by atoms with van der Waals surface area (Å²) in [6.45, 7) is 0. The van der Waals surface area contributed by atoms with Crippen molar-refractivity contribution in [1.29, 1.82) is 0 Å². The van der Waals surface area contributed by atoms with Crippen molar-refractivity contribution in [2.45, 2.75) is 0 Å². The summed E-state index contributed by atoms with van der Waals surface area (Å²) in [6, 6.07) is 3.70. The average molecular weight is 191 g/mol. The third-order valence-corrected chi connectivity index (χ3v) is 1.19. The number of carboxylic acids is 1. The lowest BCUT2D eigenvalue weighted by atomic mass is 10.2. The first-order chi connectivity index (χ1) is 5.09. The van der Waals surface area contributed by atoms with Crippen LogP contribution in [0, 0.1) is 0 Å². The zero-order valence-corrected chi connectivity index (χ0v) is 6.84. The fourth-order valence-corrected chi connectivity index (χ4v) is 0.758. The summed E-state index contributed by atoms with van der Waals surface area (Å²) in [6.07, 6.45) is 0. The molecule has 0 aliphatic carbocycles. The number of carboxylic acid groups (broad SMARTS) is 1. The Balaban J connectivity index is 0.00000121. The number of rotatable bonds is 1. The van der Waals surface area contributed by atoms with Crippen LogP contribution in [0.25, 0.3) is 0 Å². The van der Waals surface area contributed by atoms with E-state index in [1.807, 2.05) is 0 Å². The first-order valence-corrected chi connectivity index (χ1v) is 2.92. The van der Waals surface area contributed by atoms with Crippen molar-refractivity contribution in [1.82, 2.24) is 0 Å². The minimum atomic E-state index is -1.10. The summed E-state index contributed by atoms with van der Waals surface area (Å²) >= 11 is 0. The molecule has 0 aliphatic heterocycles. The van der Waals surface area contributed by atoms with E-state index in [1.54, 1.807) is 0 Å². The van der Waals surface area contributed by atoms with Gasteiger partial charge < -0.3 is 15.9 Å². The third kappa shape index (κ3) is 2.32. The Kier molecular flexibility index (Phi) is 3.37. The maximum atomic E-state index is 10.3. The maximum Gasteiger partial charge on any atom is 0.335 e. The van der Waals surface area contributed by atoms with E-state index in [0.717, 1.165) is 6.07 Å². The molecule has 0 saturated heterocycles. The number of phenols is 1. The van der Waals surface area contributed by atoms with Crippen LogP contribution in [0.5, 0.6) is 5.75 Å². The van der Waals surface area contributed by atoms with E-state index in [-0.39, 0.29) is 29.4 Å². The molecule has 0 spiro atoms. The molecule has 0 aliphatic rings. The van der Waals surface area contributed by atoms with Gasteiger partial charge in [0.25, 0.3) is 0 Å². The zero-order valence-electron chi connectivity index (χ0n) is 6.02. The highest BCUT2D eigenvalue weighted by Crippen LogP contribution is 2.16. The number of anilines is 1. The number of carbonyl (C=O) groups is 1. The first kappa shape index (κ1) is 10.6. The molecule has 4 nitrogen and oxygen atoms in total. The number of benzene rings is 1. The van der Waals surface area contributed by atoms with Crippen LogP contribution in [-0.4, -0.2) is 16.2 Å². The highest BCUT2D eigenvalue weighted by atomic mass is 35.5. The molecule has 66 valence electrons. The Morgan fingerprint density at radius 2 is 1.92 bits per heavy atom. The van der Waals surface area contributed by atoms with Crippen LogP contribution in [-0.2, 0) is 0 Å². The minimum Gasteiger partial charge on any atom is -0.508 e. The van der Waals surface area contributed by atoms with Crippen molar-refractivity contribution < 1.29 is 15.0 Å². The van der Waals surface area contributed by atoms with Gasteiger partial charge in [0.05, 0.1) is 5.56 Å². The molecular formula is C7H8ClNO3. The van der Waals surface area contributed by atoms with Crippen molar-refractivity contribution in [2.75, 3.05) is 5.73 Å². The van der Waals surface area contributed by atoms with Crippen LogP contribution in [0.15, 0.2) is 18.2 Å². The number of aromatic carboxylic acids is 1. The van der Waals surface area contributed by atoms with Gasteiger partial charge in [-0.2, -0.15) is 0 Å². The molecule has 12 heavy (non-hydrogen) atoms. The maximum absolute atomic E-state index is 10.3. The van der Waals surface area contributed by atoms with Gasteiger partial charge in [-0.15, -0.1) is 12.4 Å². The van der Waals surface area contributed by atoms with Crippen LogP contribution in [0.1, 0.15) is 10.4 Å². The van der Waals surface area contributed by atoms with Gasteiger partial charge in [0.2, 0.25) is 0 Å². The molecule has 1 rings (SSSR count). The lowest BCUT2D eigenvalue weighted by Crippen LogP contribution is -1.97. The molecule has 0 atom stereocenters. The summed E-state index contributed by atoms with van der Waals surface area (Å²) in [5, 5.41) is 17.4. The van der Waals surface area contributed by atoms with Gasteiger partial charge in [-0.1, -0.05) is 0 Å². The summed E-state index contributed by atoms with van der Waals surface area (Å²) < 4.78 is 0. The summed E-state index contributed by atoms with van der Waals surface area (Å²) in [4.78, 5) is 10.3. The molecule has 0 aromatic heterocycles. The standard InChI is InChI=1S/C7H7NO3.ClH/c8-5-1-4(7(10)11)2-6(9)3-5;/h1-3,9H,8H2,(H,10,11);1H/i7+1;. The quantitative estimate of drug-likeness (QED) is 0.457. The molecule has 0 bridgehead atoms. The van der Waals surface area contributed by atoms with Crippen LogP contribution < -0.4 is 5.73 Å². The van der Waals surface area contributed by atoms with E-state index in [0.29, 0.717) is 0 Å². The molecule has 0 amide bonds. The average Bonchev–Trinajstić information content (AvgIpc) is 1.85. The first-order valence-electron chi connectivity index (χ1n) is 2.92. The largest absolute Gasteiger partial charge is 0.508 e. The number of halogens is 1. The molecule has 0 unspecified atom stereocenters. The van der Waals surface area contributed by atoms with Crippen molar-refractivity contribution in [3.8, 4) is 5.75 Å². The van der Waals surface area contributed by atoms with Crippen LogP contribution >= 0.6 is 12.4 Å². The molecule has 0 fully saturated rings. The Hall–Kier alpha value is -1.42. The number of nitrogen functional groups attached to an aromatic ring is 1. The molecule has 4 N–H and O–H groups in total. The van der Waals surface area contributed by atoms with Gasteiger partial charge in [0.15, 0.2) is 0 Å². The van der Waals surface area contributed by atoms with Crippen LogP contribution in [0.4, 0.5) is 5.69 Å². The van der Waals surface area contributed by atoms with Gasteiger partial charge in [-0.05, 0) is 12.1 Å². The Bertz CT molecular complexity index is 280. The monoisotopic (exact) mass is 190 g/mol. The van der Waals surface area contributed by atoms with Gasteiger partial charge in [0.1, 0.15) is 5.75 Å². The van der Waals surface area contributed by atoms with Gasteiger partial charge >= 0.3 is 5.97 Å². The smallest absolute Gasteiger partial charge is 0.335 e. The summed E-state index contributed by atoms with van der Waals surface area (Å²) in [5.74, 6) is -1.24. The Labute approximate surface area is 75.0 Å². The van der Waals surface area contributed by atoms with Crippen molar-refractivity contribution in [3.63, 3.8) is 0 Å². The molecule has 0 heterocycles. The van der Waals surface area contributed by atoms with Crippen LogP contribution in [0.3, 0.4) is 0 Å². The van der Waals surface area contributed by atoms with Crippen molar-refractivity contribution in [2.24, 2.45) is 0 Å². The highest BCUT2D eigenvalue weighted by Gasteiger charge is 2.03. The van der Waals surface area contributed by atoms with Crippen molar-refractivity contribution in [3.05, 3.63) is 23.8 Å². The number of aromatic hydroxyl groups is 1. The lowest BCUT2D eigenvalue weighted by molar-refractivity contribution is 0.0696. The topological polar surface area (TPSA) is 83.5 Å². The van der Waals surface area contributed by atoms with Gasteiger partial charge in [-0.25, -0.2) is 4.79 Å². The van der Waals surface area contributed by atoms with E-state index in [2.05, 4.69) is 0 Å². The predicted molar refractivity (Wildman–Crippen MR) is 46.7 cm³/mol. The molecule has 1 aromatic rings. The predicted octanol–water partition coefficient (Wildman–Crippen LogP) is 1.09. The lowest BCUT2D eigenvalue weighted by Gasteiger charge is -1.97. The van der Waals surface area contributed by atoms with Gasteiger partial charge in [-0.3, -0.25) is 0 Å². The molecular weight excluding hydrogens is 183 g/mol. The molecule has 5 heteroatoms. The van der Waals surface area contributed by atoms with E-state index in [1.165, 1.54) is 12.1 Å². The molecule has 1 aromatic carbocycles. The van der Waals surface area contributed by atoms with E-state index in [9.17, 15) is 4.79 Å². The number of phenolic OH excluding ortho intramolecular Hbond substituents is 1. The fourth-order valence-electron chi connectivity index (χ4n) is 0.758. The number of nitrogens with two attached hydrogens (primary N) is 1. The summed E-state index contributed by atoms with van der Waals surface area (Å²) in [5.41, 5.74) is 5.50. The fraction of sp³-hybridized carbons (Fsp3) is 0. The van der Waals surface area contributed by atoms with E-state index < -0.39 is 5.97 Å². The second-order valence-electron chi connectivity index (χ2n) is 2.12. The third-order valence-electron chi connectivity index (χ3n) is 1.19. The van der Waals surface area contributed by atoms with E-state index in [4.69, 9.17) is 15.9 Å². The number of hydrogen-bond acceptors (Lipinski definition) is 3.